The Morgan fingerprint density at radius 1 is 1.34 bits per heavy atom. The van der Waals surface area contributed by atoms with Crippen molar-refractivity contribution in [2.24, 2.45) is 23.2 Å². The van der Waals surface area contributed by atoms with Crippen LogP contribution in [0, 0.1) is 23.2 Å². The van der Waals surface area contributed by atoms with Crippen LogP contribution < -0.4 is 0 Å². The van der Waals surface area contributed by atoms with Gasteiger partial charge in [-0.2, -0.15) is 0 Å². The van der Waals surface area contributed by atoms with E-state index in [-0.39, 0.29) is 29.3 Å². The van der Waals surface area contributed by atoms with E-state index in [0.717, 1.165) is 24.8 Å². The van der Waals surface area contributed by atoms with Crippen molar-refractivity contribution in [3.63, 3.8) is 0 Å². The molecule has 3 aliphatic rings. The Morgan fingerprint density at radius 2 is 2.07 bits per heavy atom. The molecule has 1 heterocycles. The maximum Gasteiger partial charge on any atom is 0.310 e. The first-order valence-corrected chi connectivity index (χ1v) is 11.0. The number of hydrogen-bond acceptors (Lipinski definition) is 4. The lowest BCUT2D eigenvalue weighted by Gasteiger charge is -2.50. The van der Waals surface area contributed by atoms with E-state index in [9.17, 15) is 9.90 Å². The van der Waals surface area contributed by atoms with E-state index >= 15 is 0 Å². The van der Waals surface area contributed by atoms with E-state index in [2.05, 4.69) is 18.4 Å². The van der Waals surface area contributed by atoms with Crippen LogP contribution in [-0.4, -0.2) is 42.2 Å². The van der Waals surface area contributed by atoms with Gasteiger partial charge in [-0.25, -0.2) is 0 Å². The van der Waals surface area contributed by atoms with Gasteiger partial charge in [0.15, 0.2) is 0 Å². The average Bonchev–Trinajstić information content (AvgIpc) is 2.94. The molecule has 4 nitrogen and oxygen atoms in total. The topological polar surface area (TPSA) is 49.8 Å². The number of rotatable bonds is 5. The Balaban J connectivity index is 1.45. The normalized spacial score (nSPS) is 36.3. The summed E-state index contributed by atoms with van der Waals surface area (Å²) in [6.45, 7) is 9.68. The SMILES string of the molecule is C=C1CCC[C@]2(C)C[C@H]3OC(=O)[C@H](CN(C)C[C@@](C)(O)c4ccccc4)[C@H]3C[C@@H]12. The zero-order valence-corrected chi connectivity index (χ0v) is 18.1. The number of esters is 1. The zero-order valence-electron chi connectivity index (χ0n) is 18.1. The summed E-state index contributed by atoms with van der Waals surface area (Å²) in [7, 11) is 1.99. The number of hydrogen-bond donors (Lipinski definition) is 1. The zero-order chi connectivity index (χ0) is 20.8. The lowest BCUT2D eigenvalue weighted by molar-refractivity contribution is -0.146. The first-order chi connectivity index (χ1) is 13.7. The molecule has 0 unspecified atom stereocenters. The van der Waals surface area contributed by atoms with Gasteiger partial charge in [-0.05, 0) is 63.0 Å². The number of aliphatic hydroxyl groups is 1. The second-order valence-electron chi connectivity index (χ2n) is 10.2. The molecule has 1 aromatic rings. The van der Waals surface area contributed by atoms with Crippen LogP contribution >= 0.6 is 0 Å². The summed E-state index contributed by atoms with van der Waals surface area (Å²) in [4.78, 5) is 14.9. The highest BCUT2D eigenvalue weighted by Crippen LogP contribution is 2.56. The third kappa shape index (κ3) is 3.89. The smallest absolute Gasteiger partial charge is 0.310 e. The number of nitrogens with zero attached hydrogens (tertiary/aromatic N) is 1. The van der Waals surface area contributed by atoms with Gasteiger partial charge in [0.25, 0.3) is 0 Å². The first-order valence-electron chi connectivity index (χ1n) is 11.0. The molecular weight excluding hydrogens is 362 g/mol. The van der Waals surface area contributed by atoms with E-state index in [1.165, 1.54) is 18.4 Å². The lowest BCUT2D eigenvalue weighted by atomic mass is 9.55. The van der Waals surface area contributed by atoms with Gasteiger partial charge in [-0.15, -0.1) is 0 Å². The fraction of sp³-hybridized carbons (Fsp3) is 0.640. The van der Waals surface area contributed by atoms with Gasteiger partial charge in [-0.1, -0.05) is 49.4 Å². The summed E-state index contributed by atoms with van der Waals surface area (Å²) in [5.74, 6) is 0.599. The van der Waals surface area contributed by atoms with Crippen molar-refractivity contribution >= 4 is 5.97 Å². The molecule has 158 valence electrons. The molecule has 2 aliphatic carbocycles. The first kappa shape index (κ1) is 20.6. The van der Waals surface area contributed by atoms with Gasteiger partial charge < -0.3 is 14.7 Å². The molecule has 1 aromatic carbocycles. The van der Waals surface area contributed by atoms with Crippen LogP contribution in [0.25, 0.3) is 0 Å². The summed E-state index contributed by atoms with van der Waals surface area (Å²) in [5.41, 5.74) is 1.54. The quantitative estimate of drug-likeness (QED) is 0.599. The molecule has 6 atom stereocenters. The second kappa shape index (κ2) is 7.55. The van der Waals surface area contributed by atoms with Crippen molar-refractivity contribution < 1.29 is 14.6 Å². The number of benzene rings is 1. The third-order valence-corrected chi connectivity index (χ3v) is 7.80. The Kier molecular flexibility index (Phi) is 5.37. The fourth-order valence-electron chi connectivity index (χ4n) is 6.28. The monoisotopic (exact) mass is 397 g/mol. The molecule has 0 radical (unpaired) electrons. The van der Waals surface area contributed by atoms with E-state index < -0.39 is 5.60 Å². The van der Waals surface area contributed by atoms with Crippen molar-refractivity contribution in [2.75, 3.05) is 20.1 Å². The Bertz CT molecular complexity index is 774. The van der Waals surface area contributed by atoms with Crippen LogP contribution in [0.5, 0.6) is 0 Å². The molecule has 3 fully saturated rings. The highest BCUT2D eigenvalue weighted by molar-refractivity contribution is 5.75. The second-order valence-corrected chi connectivity index (χ2v) is 10.2. The van der Waals surface area contributed by atoms with Gasteiger partial charge in [0.2, 0.25) is 0 Å². The summed E-state index contributed by atoms with van der Waals surface area (Å²) in [6, 6.07) is 9.74. The maximum atomic E-state index is 12.8. The summed E-state index contributed by atoms with van der Waals surface area (Å²) in [5, 5.41) is 11.0. The molecule has 1 saturated heterocycles. The number of ether oxygens (including phenoxy) is 1. The van der Waals surface area contributed by atoms with Crippen LogP contribution in [0.1, 0.15) is 51.5 Å². The number of fused-ring (bicyclic) bond motifs is 2. The fourth-order valence-corrected chi connectivity index (χ4v) is 6.28. The summed E-state index contributed by atoms with van der Waals surface area (Å²) < 4.78 is 5.89. The average molecular weight is 398 g/mol. The molecule has 1 aliphatic heterocycles. The van der Waals surface area contributed by atoms with Gasteiger partial charge in [0, 0.05) is 19.0 Å². The van der Waals surface area contributed by atoms with Gasteiger partial charge in [-0.3, -0.25) is 4.79 Å². The largest absolute Gasteiger partial charge is 0.462 e. The van der Waals surface area contributed by atoms with E-state index in [4.69, 9.17) is 4.74 Å². The number of carbonyl (C=O) groups is 1. The molecule has 0 bridgehead atoms. The minimum Gasteiger partial charge on any atom is -0.462 e. The molecule has 0 spiro atoms. The lowest BCUT2D eigenvalue weighted by Crippen LogP contribution is -2.46. The maximum absolute atomic E-state index is 12.8. The molecular formula is C25H35NO3. The molecule has 29 heavy (non-hydrogen) atoms. The molecule has 4 rings (SSSR count). The van der Waals surface area contributed by atoms with Crippen molar-refractivity contribution in [1.82, 2.24) is 4.90 Å². The van der Waals surface area contributed by atoms with Crippen LogP contribution in [0.4, 0.5) is 0 Å². The van der Waals surface area contributed by atoms with Crippen molar-refractivity contribution in [3.8, 4) is 0 Å². The van der Waals surface area contributed by atoms with Gasteiger partial charge in [0.1, 0.15) is 6.10 Å². The number of likely N-dealkylation sites (N-methyl/N-ethyl adjacent to an activating group) is 1. The van der Waals surface area contributed by atoms with Crippen LogP contribution in [0.3, 0.4) is 0 Å². The molecule has 4 heteroatoms. The van der Waals surface area contributed by atoms with E-state index in [0.29, 0.717) is 19.0 Å². The van der Waals surface area contributed by atoms with E-state index in [1.54, 1.807) is 0 Å². The van der Waals surface area contributed by atoms with Gasteiger partial charge in [0.05, 0.1) is 11.5 Å². The van der Waals surface area contributed by atoms with Crippen LogP contribution in [0.2, 0.25) is 0 Å². The van der Waals surface area contributed by atoms with E-state index in [1.807, 2.05) is 44.3 Å². The van der Waals surface area contributed by atoms with Crippen molar-refractivity contribution in [1.29, 1.82) is 0 Å². The third-order valence-electron chi connectivity index (χ3n) is 7.80. The van der Waals surface area contributed by atoms with Crippen molar-refractivity contribution in [2.45, 2.75) is 57.7 Å². The minimum atomic E-state index is -0.958. The Hall–Kier alpha value is -1.65. The number of carbonyl (C=O) groups excluding carboxylic acids is 1. The molecule has 0 amide bonds. The molecule has 2 saturated carbocycles. The van der Waals surface area contributed by atoms with Crippen LogP contribution in [-0.2, 0) is 15.1 Å². The minimum absolute atomic E-state index is 0.0442. The Labute approximate surface area is 174 Å². The Morgan fingerprint density at radius 3 is 2.79 bits per heavy atom. The highest BCUT2D eigenvalue weighted by atomic mass is 16.6. The molecule has 0 aromatic heterocycles. The van der Waals surface area contributed by atoms with Crippen LogP contribution in [0.15, 0.2) is 42.5 Å². The molecule has 1 N–H and O–H groups in total. The highest BCUT2D eigenvalue weighted by Gasteiger charge is 2.55. The predicted octanol–water partition coefficient (Wildman–Crippen LogP) is 4.14. The number of allylic oxidation sites excluding steroid dienone is 1. The standard InChI is InChI=1S/C25H35NO3/c1-17-9-8-12-24(2)14-22-19(13-21(17)24)20(23(27)29-22)15-26(4)16-25(3,28)18-10-6-5-7-11-18/h5-7,10-11,19-22,28H,1,8-9,12-16H2,2-4H3/t19-,20-,21+,22-,24-,25-/m1/s1. The van der Waals surface area contributed by atoms with Gasteiger partial charge >= 0.3 is 5.97 Å². The summed E-state index contributed by atoms with van der Waals surface area (Å²) in [6.07, 6.45) is 5.56. The predicted molar refractivity (Wildman–Crippen MR) is 114 cm³/mol. The summed E-state index contributed by atoms with van der Waals surface area (Å²) >= 11 is 0. The van der Waals surface area contributed by atoms with Crippen molar-refractivity contribution in [3.05, 3.63) is 48.0 Å².